The summed E-state index contributed by atoms with van der Waals surface area (Å²) >= 11 is 0. The lowest BCUT2D eigenvalue weighted by Crippen LogP contribution is -2.34. The predicted molar refractivity (Wildman–Crippen MR) is 156 cm³/mol. The molecule has 0 unspecified atom stereocenters. The van der Waals surface area contributed by atoms with Crippen LogP contribution in [0.1, 0.15) is 68.1 Å². The SMILES string of the molecule is CCC[n+]1cc(-c2cc(OC)c(OC)c(-c3ccc(C4CCCCC4)cc3)c2)cc2cc(CO)c(CO)cc21. The lowest BCUT2D eigenvalue weighted by molar-refractivity contribution is -0.670. The Morgan fingerprint density at radius 1 is 0.795 bits per heavy atom. The molecule has 1 saturated carbocycles. The van der Waals surface area contributed by atoms with E-state index in [-0.39, 0.29) is 13.2 Å². The summed E-state index contributed by atoms with van der Waals surface area (Å²) in [5, 5.41) is 20.8. The van der Waals surface area contributed by atoms with Gasteiger partial charge < -0.3 is 19.7 Å². The van der Waals surface area contributed by atoms with Crippen LogP contribution in [0.15, 0.2) is 60.8 Å². The summed E-state index contributed by atoms with van der Waals surface area (Å²) < 4.78 is 13.9. The molecule has 0 radical (unpaired) electrons. The number of rotatable bonds is 9. The first-order chi connectivity index (χ1) is 19.1. The quantitative estimate of drug-likeness (QED) is 0.232. The van der Waals surface area contributed by atoms with Crippen LogP contribution in [0.5, 0.6) is 11.5 Å². The van der Waals surface area contributed by atoms with Crippen molar-refractivity contribution in [1.82, 2.24) is 0 Å². The average molecular weight is 527 g/mol. The molecule has 3 aromatic carbocycles. The van der Waals surface area contributed by atoms with Gasteiger partial charge in [0, 0.05) is 29.0 Å². The number of hydrogen-bond donors (Lipinski definition) is 2. The number of aryl methyl sites for hydroxylation is 1. The molecule has 1 aromatic heterocycles. The van der Waals surface area contributed by atoms with Crippen LogP contribution < -0.4 is 14.0 Å². The molecular weight excluding hydrogens is 486 g/mol. The van der Waals surface area contributed by atoms with Crippen molar-refractivity contribution in [3.8, 4) is 33.8 Å². The fourth-order valence-corrected chi connectivity index (χ4v) is 6.10. The van der Waals surface area contributed by atoms with Crippen molar-refractivity contribution in [2.24, 2.45) is 0 Å². The molecule has 5 heteroatoms. The molecule has 5 rings (SSSR count). The van der Waals surface area contributed by atoms with Crippen molar-refractivity contribution in [3.05, 3.63) is 77.5 Å². The smallest absolute Gasteiger partial charge is 0.212 e. The zero-order valence-electron chi connectivity index (χ0n) is 23.4. The fourth-order valence-electron chi connectivity index (χ4n) is 6.10. The van der Waals surface area contributed by atoms with Crippen LogP contribution in [0.4, 0.5) is 0 Å². The molecule has 1 heterocycles. The zero-order valence-corrected chi connectivity index (χ0v) is 23.4. The Morgan fingerprint density at radius 3 is 2.15 bits per heavy atom. The number of ether oxygens (including phenoxy) is 2. The predicted octanol–water partition coefficient (Wildman–Crippen LogP) is 6.92. The van der Waals surface area contributed by atoms with Gasteiger partial charge in [0.05, 0.1) is 27.4 Å². The molecule has 0 aliphatic heterocycles. The Morgan fingerprint density at radius 2 is 1.51 bits per heavy atom. The van der Waals surface area contributed by atoms with Crippen molar-refractivity contribution in [1.29, 1.82) is 0 Å². The number of fused-ring (bicyclic) bond motifs is 1. The van der Waals surface area contributed by atoms with Crippen molar-refractivity contribution < 1.29 is 24.3 Å². The second kappa shape index (κ2) is 12.2. The molecule has 5 nitrogen and oxygen atoms in total. The number of aliphatic hydroxyl groups excluding tert-OH is 2. The van der Waals surface area contributed by atoms with Crippen LogP contribution in [0.3, 0.4) is 0 Å². The molecule has 0 amide bonds. The van der Waals surface area contributed by atoms with Gasteiger partial charge in [0.15, 0.2) is 17.7 Å². The largest absolute Gasteiger partial charge is 0.493 e. The first kappa shape index (κ1) is 27.2. The molecule has 204 valence electrons. The molecule has 0 saturated heterocycles. The maximum atomic E-state index is 9.91. The molecule has 1 aliphatic carbocycles. The fraction of sp³-hybridized carbons (Fsp3) is 0.382. The van der Waals surface area contributed by atoms with E-state index in [1.54, 1.807) is 14.2 Å². The van der Waals surface area contributed by atoms with Crippen molar-refractivity contribution in [2.75, 3.05) is 14.2 Å². The number of methoxy groups -OCH3 is 2. The number of pyridine rings is 1. The van der Waals surface area contributed by atoms with Crippen LogP contribution >= 0.6 is 0 Å². The highest BCUT2D eigenvalue weighted by molar-refractivity contribution is 5.86. The first-order valence-corrected chi connectivity index (χ1v) is 14.2. The molecular formula is C34H40NO4+. The molecule has 1 fully saturated rings. The topological polar surface area (TPSA) is 62.8 Å². The first-order valence-electron chi connectivity index (χ1n) is 14.2. The van der Waals surface area contributed by atoms with Crippen LogP contribution in [0.2, 0.25) is 0 Å². The summed E-state index contributed by atoms with van der Waals surface area (Å²) in [6.45, 7) is 2.79. The summed E-state index contributed by atoms with van der Waals surface area (Å²) in [6, 6.07) is 19.3. The standard InChI is InChI=1S/C34H40NO4/c1-4-14-35-20-28(15-27-16-29(21-36)30(22-37)18-32(27)35)26-17-31(34(39-3)33(19-26)38-2)25-12-10-24(11-13-25)23-8-6-5-7-9-23/h10-13,15-20,23,36-37H,4-9,14,21-22H2,1-3H3/q+1. The molecule has 4 aromatic rings. The summed E-state index contributed by atoms with van der Waals surface area (Å²) in [5.74, 6) is 2.08. The van der Waals surface area contributed by atoms with E-state index in [2.05, 4.69) is 54.1 Å². The normalized spacial score (nSPS) is 14.1. The van der Waals surface area contributed by atoms with Gasteiger partial charge in [-0.1, -0.05) is 50.5 Å². The van der Waals surface area contributed by atoms with Crippen LogP contribution in [-0.2, 0) is 19.8 Å². The van der Waals surface area contributed by atoms with Gasteiger partial charge in [0.25, 0.3) is 0 Å². The second-order valence-electron chi connectivity index (χ2n) is 10.6. The second-order valence-corrected chi connectivity index (χ2v) is 10.6. The Kier molecular flexibility index (Phi) is 8.49. The zero-order chi connectivity index (χ0) is 27.4. The summed E-state index contributed by atoms with van der Waals surface area (Å²) in [5.41, 5.74) is 8.15. The number of hydrogen-bond acceptors (Lipinski definition) is 4. The Bertz CT molecular complexity index is 1440. The number of aliphatic hydroxyl groups is 2. The minimum Gasteiger partial charge on any atom is -0.493 e. The number of benzene rings is 3. The van der Waals surface area contributed by atoms with E-state index < -0.39 is 0 Å². The van der Waals surface area contributed by atoms with E-state index in [9.17, 15) is 10.2 Å². The molecule has 0 bridgehead atoms. The van der Waals surface area contributed by atoms with Gasteiger partial charge in [-0.05, 0) is 70.8 Å². The molecule has 39 heavy (non-hydrogen) atoms. The molecule has 0 atom stereocenters. The average Bonchev–Trinajstić information content (AvgIpc) is 3.00. The van der Waals surface area contributed by atoms with Crippen LogP contribution in [0, 0.1) is 0 Å². The van der Waals surface area contributed by atoms with Crippen LogP contribution in [-0.4, -0.2) is 24.4 Å². The third-order valence-electron chi connectivity index (χ3n) is 8.18. The molecule has 0 spiro atoms. The summed E-state index contributed by atoms with van der Waals surface area (Å²) in [4.78, 5) is 0. The van der Waals surface area contributed by atoms with Gasteiger partial charge in [-0.25, -0.2) is 0 Å². The minimum atomic E-state index is -0.110. The lowest BCUT2D eigenvalue weighted by Gasteiger charge is -2.22. The summed E-state index contributed by atoms with van der Waals surface area (Å²) in [7, 11) is 3.37. The Hall–Kier alpha value is -3.41. The van der Waals surface area contributed by atoms with E-state index in [4.69, 9.17) is 9.47 Å². The van der Waals surface area contributed by atoms with E-state index in [0.29, 0.717) is 11.7 Å². The molecule has 2 N–H and O–H groups in total. The van der Waals surface area contributed by atoms with Gasteiger partial charge in [0.2, 0.25) is 5.52 Å². The highest BCUT2D eigenvalue weighted by atomic mass is 16.5. The monoisotopic (exact) mass is 526 g/mol. The Labute approximate surface area is 231 Å². The van der Waals surface area contributed by atoms with Gasteiger partial charge >= 0.3 is 0 Å². The van der Waals surface area contributed by atoms with E-state index >= 15 is 0 Å². The maximum absolute atomic E-state index is 9.91. The van der Waals surface area contributed by atoms with Gasteiger partial charge in [-0.2, -0.15) is 4.57 Å². The van der Waals surface area contributed by atoms with E-state index in [1.165, 1.54) is 37.7 Å². The van der Waals surface area contributed by atoms with Crippen LogP contribution in [0.25, 0.3) is 33.2 Å². The third-order valence-corrected chi connectivity index (χ3v) is 8.18. The number of nitrogens with zero attached hydrogens (tertiary/aromatic N) is 1. The number of aromatic nitrogens is 1. The van der Waals surface area contributed by atoms with Gasteiger partial charge in [-0.15, -0.1) is 0 Å². The maximum Gasteiger partial charge on any atom is 0.212 e. The highest BCUT2D eigenvalue weighted by Crippen LogP contribution is 2.43. The third kappa shape index (κ3) is 5.52. The van der Waals surface area contributed by atoms with Crippen molar-refractivity contribution in [2.45, 2.75) is 71.1 Å². The Balaban J connectivity index is 1.63. The van der Waals surface area contributed by atoms with Gasteiger partial charge in [-0.3, -0.25) is 0 Å². The lowest BCUT2D eigenvalue weighted by atomic mass is 9.83. The summed E-state index contributed by atoms with van der Waals surface area (Å²) in [6.07, 6.45) is 9.71. The van der Waals surface area contributed by atoms with Crippen molar-refractivity contribution in [3.63, 3.8) is 0 Å². The van der Waals surface area contributed by atoms with E-state index in [0.717, 1.165) is 63.0 Å². The van der Waals surface area contributed by atoms with Gasteiger partial charge in [0.1, 0.15) is 6.54 Å². The minimum absolute atomic E-state index is 0.0989. The molecule has 1 aliphatic rings. The van der Waals surface area contributed by atoms with E-state index in [1.807, 2.05) is 18.2 Å². The van der Waals surface area contributed by atoms with Crippen molar-refractivity contribution >= 4 is 10.9 Å². The highest BCUT2D eigenvalue weighted by Gasteiger charge is 2.20.